The Morgan fingerprint density at radius 1 is 0.884 bits per heavy atom. The molecule has 0 aliphatic carbocycles. The number of nitrogens with zero attached hydrogens (tertiary/aromatic N) is 2. The van der Waals surface area contributed by atoms with Gasteiger partial charge >= 0.3 is 6.18 Å². The molecule has 1 heterocycles. The molecule has 4 aromatic rings. The van der Waals surface area contributed by atoms with Crippen molar-refractivity contribution >= 4 is 46.4 Å². The number of hydrogen-bond acceptors (Lipinski definition) is 3. The molecule has 0 saturated heterocycles. The van der Waals surface area contributed by atoms with Gasteiger partial charge in [-0.2, -0.15) is 13.2 Å². The molecule has 220 valence electrons. The Labute approximate surface area is 254 Å². The van der Waals surface area contributed by atoms with Gasteiger partial charge in [-0.25, -0.2) is 9.38 Å². The smallest absolute Gasteiger partial charge is 0.326 e. The molecule has 0 aromatic heterocycles. The first kappa shape index (κ1) is 30.3. The summed E-state index contributed by atoms with van der Waals surface area (Å²) >= 11 is 12.2. The quantitative estimate of drug-likeness (QED) is 0.218. The summed E-state index contributed by atoms with van der Waals surface area (Å²) in [5.41, 5.74) is 1.13. The SMILES string of the molecule is O=C(NC1N=C(c2ccccc2F)c2ccccc2N(CC(F)(F)F)C1=O)[C@H](Cc1ccc(Cl)c(Cl)c1)c1ccccc1. The second-order valence-corrected chi connectivity index (χ2v) is 10.7. The van der Waals surface area contributed by atoms with Gasteiger partial charge in [0.2, 0.25) is 12.1 Å². The molecular weight excluding hydrogens is 605 g/mol. The fourth-order valence-electron chi connectivity index (χ4n) is 4.92. The molecule has 0 fully saturated rings. The van der Waals surface area contributed by atoms with Crippen LogP contribution in [0.4, 0.5) is 23.2 Å². The van der Waals surface area contributed by atoms with Crippen LogP contribution in [0.1, 0.15) is 28.2 Å². The lowest BCUT2D eigenvalue weighted by Crippen LogP contribution is -2.51. The molecule has 2 amide bonds. The first-order valence-corrected chi connectivity index (χ1v) is 13.9. The molecule has 5 rings (SSSR count). The van der Waals surface area contributed by atoms with Gasteiger partial charge in [0.15, 0.2) is 0 Å². The van der Waals surface area contributed by atoms with E-state index in [2.05, 4.69) is 10.3 Å². The van der Waals surface area contributed by atoms with Crippen molar-refractivity contribution in [2.75, 3.05) is 11.4 Å². The Balaban J connectivity index is 1.59. The minimum absolute atomic E-state index is 0.0359. The third-order valence-corrected chi connectivity index (χ3v) is 7.63. The number of anilines is 1. The van der Waals surface area contributed by atoms with Crippen LogP contribution in [0.15, 0.2) is 102 Å². The Morgan fingerprint density at radius 2 is 1.53 bits per heavy atom. The number of halogens is 6. The molecule has 0 spiro atoms. The zero-order chi connectivity index (χ0) is 30.7. The summed E-state index contributed by atoms with van der Waals surface area (Å²) in [4.78, 5) is 32.6. The summed E-state index contributed by atoms with van der Waals surface area (Å²) in [5.74, 6) is -3.38. The zero-order valence-corrected chi connectivity index (χ0v) is 23.8. The highest BCUT2D eigenvalue weighted by Gasteiger charge is 2.40. The summed E-state index contributed by atoms with van der Waals surface area (Å²) in [7, 11) is 0. The fourth-order valence-corrected chi connectivity index (χ4v) is 5.24. The van der Waals surface area contributed by atoms with Crippen molar-refractivity contribution in [3.63, 3.8) is 0 Å². The third kappa shape index (κ3) is 6.89. The van der Waals surface area contributed by atoms with E-state index in [9.17, 15) is 22.8 Å². The third-order valence-electron chi connectivity index (χ3n) is 6.90. The van der Waals surface area contributed by atoms with Crippen molar-refractivity contribution in [1.29, 1.82) is 0 Å². The first-order chi connectivity index (χ1) is 20.5. The van der Waals surface area contributed by atoms with Crippen LogP contribution in [0.2, 0.25) is 10.0 Å². The highest BCUT2D eigenvalue weighted by molar-refractivity contribution is 6.42. The molecule has 1 unspecified atom stereocenters. The van der Waals surface area contributed by atoms with Crippen LogP contribution >= 0.6 is 23.2 Å². The molecule has 11 heteroatoms. The number of carbonyl (C=O) groups excluding carboxylic acids is 2. The number of para-hydroxylation sites is 1. The number of amides is 2. The van der Waals surface area contributed by atoms with Crippen LogP contribution in [0.25, 0.3) is 0 Å². The monoisotopic (exact) mass is 627 g/mol. The molecule has 0 saturated carbocycles. The van der Waals surface area contributed by atoms with Gasteiger partial charge in [0.25, 0.3) is 5.91 Å². The minimum atomic E-state index is -4.78. The van der Waals surface area contributed by atoms with Gasteiger partial charge in [-0.3, -0.25) is 14.5 Å². The predicted molar refractivity (Wildman–Crippen MR) is 158 cm³/mol. The molecule has 0 bridgehead atoms. The summed E-state index contributed by atoms with van der Waals surface area (Å²) in [5, 5.41) is 3.17. The summed E-state index contributed by atoms with van der Waals surface area (Å²) in [6.45, 7) is -1.64. The number of benzodiazepines with no additional fused rings is 1. The van der Waals surface area contributed by atoms with E-state index in [-0.39, 0.29) is 34.0 Å². The number of alkyl halides is 3. The van der Waals surface area contributed by atoms with E-state index in [1.807, 2.05) is 0 Å². The van der Waals surface area contributed by atoms with Gasteiger partial charge in [0.05, 0.1) is 27.4 Å². The topological polar surface area (TPSA) is 61.8 Å². The fraction of sp³-hybridized carbons (Fsp3) is 0.156. The van der Waals surface area contributed by atoms with Gasteiger partial charge < -0.3 is 5.32 Å². The highest BCUT2D eigenvalue weighted by atomic mass is 35.5. The molecule has 5 nitrogen and oxygen atoms in total. The van der Waals surface area contributed by atoms with Gasteiger partial charge in [0.1, 0.15) is 12.4 Å². The van der Waals surface area contributed by atoms with Crippen molar-refractivity contribution in [3.8, 4) is 0 Å². The van der Waals surface area contributed by atoms with E-state index in [0.29, 0.717) is 21.0 Å². The van der Waals surface area contributed by atoms with Crippen LogP contribution in [0.5, 0.6) is 0 Å². The molecular formula is C32H23Cl2F4N3O2. The second-order valence-electron chi connectivity index (χ2n) is 9.84. The van der Waals surface area contributed by atoms with Gasteiger partial charge in [-0.15, -0.1) is 0 Å². The lowest BCUT2D eigenvalue weighted by molar-refractivity contribution is -0.135. The maximum Gasteiger partial charge on any atom is 0.406 e. The molecule has 2 atom stereocenters. The first-order valence-electron chi connectivity index (χ1n) is 13.1. The number of carbonyl (C=O) groups is 2. The minimum Gasteiger partial charge on any atom is -0.326 e. The van der Waals surface area contributed by atoms with Crippen molar-refractivity contribution in [3.05, 3.63) is 135 Å². The number of fused-ring (bicyclic) bond motifs is 1. The summed E-state index contributed by atoms with van der Waals surface area (Å²) in [6.07, 6.45) is -6.44. The van der Waals surface area contributed by atoms with Crippen LogP contribution in [0.3, 0.4) is 0 Å². The Hall–Kier alpha value is -4.21. The largest absolute Gasteiger partial charge is 0.406 e. The maximum atomic E-state index is 15.0. The van der Waals surface area contributed by atoms with Gasteiger partial charge in [-0.05, 0) is 47.9 Å². The lowest BCUT2D eigenvalue weighted by atomic mass is 9.91. The molecule has 43 heavy (non-hydrogen) atoms. The van der Waals surface area contributed by atoms with Crippen molar-refractivity contribution < 1.29 is 27.2 Å². The van der Waals surface area contributed by atoms with Gasteiger partial charge in [-0.1, -0.05) is 89.9 Å². The number of benzene rings is 4. The van der Waals surface area contributed by atoms with Crippen molar-refractivity contribution in [2.45, 2.75) is 24.7 Å². The Kier molecular flexibility index (Phi) is 8.84. The van der Waals surface area contributed by atoms with Crippen LogP contribution in [-0.2, 0) is 16.0 Å². The van der Waals surface area contributed by atoms with E-state index in [1.165, 1.54) is 36.4 Å². The molecule has 1 aliphatic heterocycles. The van der Waals surface area contributed by atoms with Crippen molar-refractivity contribution in [1.82, 2.24) is 5.32 Å². The van der Waals surface area contributed by atoms with Gasteiger partial charge in [0, 0.05) is 11.1 Å². The molecule has 1 aliphatic rings. The summed E-state index contributed by atoms with van der Waals surface area (Å²) < 4.78 is 56.3. The number of nitrogens with one attached hydrogen (secondary N) is 1. The van der Waals surface area contributed by atoms with E-state index in [4.69, 9.17) is 23.2 Å². The average molecular weight is 628 g/mol. The predicted octanol–water partition coefficient (Wildman–Crippen LogP) is 7.35. The normalized spacial score (nSPS) is 15.8. The second kappa shape index (κ2) is 12.6. The van der Waals surface area contributed by atoms with Crippen LogP contribution < -0.4 is 10.2 Å². The molecule has 0 radical (unpaired) electrons. The van der Waals surface area contributed by atoms with Crippen LogP contribution in [0, 0.1) is 5.82 Å². The van der Waals surface area contributed by atoms with E-state index in [1.54, 1.807) is 60.7 Å². The van der Waals surface area contributed by atoms with E-state index < -0.39 is 42.4 Å². The molecule has 1 N–H and O–H groups in total. The number of rotatable bonds is 7. The molecule has 4 aromatic carbocycles. The zero-order valence-electron chi connectivity index (χ0n) is 22.3. The van der Waals surface area contributed by atoms with E-state index in [0.717, 1.165) is 0 Å². The Bertz CT molecular complexity index is 1700. The lowest BCUT2D eigenvalue weighted by Gasteiger charge is -2.27. The summed E-state index contributed by atoms with van der Waals surface area (Å²) in [6, 6.07) is 25.0. The number of aliphatic imine (C=N–C) groups is 1. The Morgan fingerprint density at radius 3 is 2.21 bits per heavy atom. The van der Waals surface area contributed by atoms with Crippen LogP contribution in [-0.4, -0.2) is 36.4 Å². The number of hydrogen-bond donors (Lipinski definition) is 1. The van der Waals surface area contributed by atoms with Crippen molar-refractivity contribution in [2.24, 2.45) is 4.99 Å². The standard InChI is InChI=1S/C32H23Cl2F4N3O2/c33-24-15-14-19(17-25(24)34)16-23(20-8-2-1-3-9-20)30(42)40-29-31(43)41(18-32(36,37)38)27-13-7-5-11-22(27)28(39-29)21-10-4-6-12-26(21)35/h1-15,17,23,29H,16,18H2,(H,40,42)/t23-,29?/m1/s1. The highest BCUT2D eigenvalue weighted by Crippen LogP contribution is 2.32. The average Bonchev–Trinajstić information content (AvgIpc) is 3.08. The maximum absolute atomic E-state index is 15.0. The van der Waals surface area contributed by atoms with E-state index >= 15 is 4.39 Å².